The molecule has 1 spiro atoms. The molecule has 2 N–H and O–H groups in total. The fourth-order valence-corrected chi connectivity index (χ4v) is 7.50. The maximum absolute atomic E-state index is 6.41. The molecule has 8 nitrogen and oxygen atoms in total. The molecule has 38 heavy (non-hydrogen) atoms. The molecule has 1 aliphatic carbocycles. The van der Waals surface area contributed by atoms with Gasteiger partial charge in [-0.25, -0.2) is 19.9 Å². The Morgan fingerprint density at radius 3 is 2.58 bits per heavy atom. The zero-order valence-electron chi connectivity index (χ0n) is 20.9. The lowest BCUT2D eigenvalue weighted by atomic mass is 9.76. The standard InChI is InChI=1S/C28H27ClN8S/c29-24-20(6-9-31-25(24)30)38-21-3-5-23-34-26(19-16-32-27(21)37(19)23)36-12-7-28(8-13-36)14-17-2-4-22(33-18(17)15-28)35-10-1-11-35/h2-6,9,16H,1,7-8,10-15H2,(H2,30,31). The fourth-order valence-electron chi connectivity index (χ4n) is 6.34. The zero-order chi connectivity index (χ0) is 25.4. The minimum Gasteiger partial charge on any atom is -0.382 e. The highest BCUT2D eigenvalue weighted by Gasteiger charge is 2.41. The number of anilines is 3. The van der Waals surface area contributed by atoms with Gasteiger partial charge >= 0.3 is 0 Å². The van der Waals surface area contributed by atoms with Gasteiger partial charge in [0.05, 0.1) is 16.1 Å². The summed E-state index contributed by atoms with van der Waals surface area (Å²) in [6.07, 6.45) is 9.47. The summed E-state index contributed by atoms with van der Waals surface area (Å²) in [6, 6.07) is 10.6. The minimum absolute atomic E-state index is 0.327. The summed E-state index contributed by atoms with van der Waals surface area (Å²) in [5, 5.41) is 0.474. The van der Waals surface area contributed by atoms with Crippen molar-refractivity contribution in [2.24, 2.45) is 5.41 Å². The number of nitrogen functional groups attached to an aromatic ring is 1. The Morgan fingerprint density at radius 1 is 0.895 bits per heavy atom. The topological polar surface area (TPSA) is 88.5 Å². The van der Waals surface area contributed by atoms with E-state index < -0.39 is 0 Å². The van der Waals surface area contributed by atoms with Crippen molar-refractivity contribution < 1.29 is 0 Å². The highest BCUT2D eigenvalue weighted by Crippen LogP contribution is 2.46. The van der Waals surface area contributed by atoms with E-state index in [1.54, 1.807) is 18.0 Å². The van der Waals surface area contributed by atoms with Crippen LogP contribution in [0.5, 0.6) is 0 Å². The molecule has 10 heteroatoms. The number of hydrogen-bond donors (Lipinski definition) is 1. The van der Waals surface area contributed by atoms with Gasteiger partial charge in [-0.15, -0.1) is 0 Å². The predicted octanol–water partition coefficient (Wildman–Crippen LogP) is 5.09. The largest absolute Gasteiger partial charge is 0.382 e. The molecule has 2 saturated heterocycles. The summed E-state index contributed by atoms with van der Waals surface area (Å²) in [6.45, 7) is 4.29. The molecule has 7 heterocycles. The number of fused-ring (bicyclic) bond motifs is 1. The highest BCUT2D eigenvalue weighted by molar-refractivity contribution is 7.99. The second-order valence-corrected chi connectivity index (χ2v) is 12.3. The number of imidazole rings is 2. The second-order valence-electron chi connectivity index (χ2n) is 10.9. The Kier molecular flexibility index (Phi) is 4.98. The van der Waals surface area contributed by atoms with Crippen molar-refractivity contribution >= 4 is 57.6 Å². The number of nitrogens with two attached hydrogens (primary N) is 1. The average molecular weight is 543 g/mol. The van der Waals surface area contributed by atoms with Crippen LogP contribution >= 0.6 is 23.4 Å². The molecule has 0 bridgehead atoms. The molecule has 0 amide bonds. The first-order valence-corrected chi connectivity index (χ1v) is 14.4. The van der Waals surface area contributed by atoms with Crippen molar-refractivity contribution in [3.8, 4) is 0 Å². The molecule has 0 atom stereocenters. The van der Waals surface area contributed by atoms with E-state index in [4.69, 9.17) is 32.3 Å². The van der Waals surface area contributed by atoms with Crippen LogP contribution in [-0.2, 0) is 12.8 Å². The van der Waals surface area contributed by atoms with Crippen LogP contribution in [0.3, 0.4) is 0 Å². The molecular weight excluding hydrogens is 516 g/mol. The van der Waals surface area contributed by atoms with Crippen LogP contribution in [0.2, 0.25) is 5.02 Å². The molecule has 2 aliphatic heterocycles. The number of halogens is 1. The van der Waals surface area contributed by atoms with E-state index in [-0.39, 0.29) is 0 Å². The van der Waals surface area contributed by atoms with Crippen LogP contribution in [0.25, 0.3) is 16.8 Å². The monoisotopic (exact) mass is 542 g/mol. The van der Waals surface area contributed by atoms with Gasteiger partial charge in [-0.05, 0) is 67.3 Å². The van der Waals surface area contributed by atoms with Crippen molar-refractivity contribution in [1.82, 2.24) is 24.3 Å². The molecule has 0 unspecified atom stereocenters. The number of piperidine rings is 1. The van der Waals surface area contributed by atoms with Crippen LogP contribution < -0.4 is 15.5 Å². The molecule has 5 aromatic heterocycles. The maximum atomic E-state index is 6.41. The van der Waals surface area contributed by atoms with E-state index in [9.17, 15) is 0 Å². The van der Waals surface area contributed by atoms with Gasteiger partial charge < -0.3 is 15.5 Å². The quantitative estimate of drug-likeness (QED) is 0.336. The normalized spacial score (nSPS) is 18.6. The molecule has 8 rings (SSSR count). The summed E-state index contributed by atoms with van der Waals surface area (Å²) in [5.74, 6) is 2.53. The maximum Gasteiger partial charge on any atom is 0.157 e. The van der Waals surface area contributed by atoms with Crippen LogP contribution in [0.1, 0.15) is 30.5 Å². The molecule has 3 aliphatic rings. The zero-order valence-corrected chi connectivity index (χ0v) is 22.5. The molecular formula is C28H27ClN8S. The first-order valence-electron chi connectivity index (χ1n) is 13.2. The number of rotatable bonds is 4. The first kappa shape index (κ1) is 22.7. The second kappa shape index (κ2) is 8.35. The Balaban J connectivity index is 1.03. The van der Waals surface area contributed by atoms with Gasteiger partial charge in [0.2, 0.25) is 0 Å². The van der Waals surface area contributed by atoms with Crippen molar-refractivity contribution in [2.45, 2.75) is 41.9 Å². The Morgan fingerprint density at radius 2 is 1.76 bits per heavy atom. The highest BCUT2D eigenvalue weighted by atomic mass is 35.5. The van der Waals surface area contributed by atoms with E-state index in [2.05, 4.69) is 43.4 Å². The van der Waals surface area contributed by atoms with Crippen LogP contribution in [-0.4, -0.2) is 50.5 Å². The lowest BCUT2D eigenvalue weighted by Crippen LogP contribution is -2.41. The summed E-state index contributed by atoms with van der Waals surface area (Å²) < 4.78 is 2.16. The van der Waals surface area contributed by atoms with Gasteiger partial charge in [-0.1, -0.05) is 29.4 Å². The van der Waals surface area contributed by atoms with Gasteiger partial charge in [-0.2, -0.15) is 0 Å². The van der Waals surface area contributed by atoms with Crippen LogP contribution in [0.15, 0.2) is 52.5 Å². The van der Waals surface area contributed by atoms with E-state index in [0.29, 0.717) is 16.3 Å². The van der Waals surface area contributed by atoms with Gasteiger partial charge in [0.15, 0.2) is 11.5 Å². The third kappa shape index (κ3) is 3.44. The van der Waals surface area contributed by atoms with Crippen molar-refractivity contribution in [3.63, 3.8) is 0 Å². The number of aromatic nitrogens is 5. The molecule has 0 radical (unpaired) electrons. The smallest absolute Gasteiger partial charge is 0.157 e. The summed E-state index contributed by atoms with van der Waals surface area (Å²) >= 11 is 7.96. The van der Waals surface area contributed by atoms with E-state index >= 15 is 0 Å². The van der Waals surface area contributed by atoms with Gasteiger partial charge in [0.25, 0.3) is 0 Å². The fraction of sp³-hybridized carbons (Fsp3) is 0.357. The minimum atomic E-state index is 0.327. The molecule has 192 valence electrons. The van der Waals surface area contributed by atoms with Gasteiger partial charge in [0, 0.05) is 43.0 Å². The van der Waals surface area contributed by atoms with E-state index in [1.807, 2.05) is 12.3 Å². The summed E-state index contributed by atoms with van der Waals surface area (Å²) in [4.78, 5) is 25.7. The molecule has 5 aromatic rings. The Bertz CT molecular complexity index is 1690. The Hall–Kier alpha value is -3.30. The average Bonchev–Trinajstić information content (AvgIpc) is 3.58. The predicted molar refractivity (Wildman–Crippen MR) is 152 cm³/mol. The van der Waals surface area contributed by atoms with E-state index in [0.717, 1.165) is 84.3 Å². The molecule has 2 fully saturated rings. The first-order chi connectivity index (χ1) is 18.6. The molecule has 0 aromatic carbocycles. The van der Waals surface area contributed by atoms with Crippen molar-refractivity contribution in [3.05, 3.63) is 59.0 Å². The lowest BCUT2D eigenvalue weighted by molar-refractivity contribution is 0.231. The number of pyridine rings is 3. The third-order valence-corrected chi connectivity index (χ3v) is 10.2. The van der Waals surface area contributed by atoms with Crippen molar-refractivity contribution in [1.29, 1.82) is 0 Å². The van der Waals surface area contributed by atoms with E-state index in [1.165, 1.54) is 23.5 Å². The lowest BCUT2D eigenvalue weighted by Gasteiger charge is -2.39. The summed E-state index contributed by atoms with van der Waals surface area (Å²) in [5.41, 5.74) is 11.9. The Labute approximate surface area is 229 Å². The molecule has 0 saturated carbocycles. The van der Waals surface area contributed by atoms with Gasteiger partial charge in [0.1, 0.15) is 22.8 Å². The van der Waals surface area contributed by atoms with Crippen molar-refractivity contribution in [2.75, 3.05) is 41.7 Å². The van der Waals surface area contributed by atoms with Gasteiger partial charge in [-0.3, -0.25) is 4.40 Å². The number of hydrogen-bond acceptors (Lipinski definition) is 8. The van der Waals surface area contributed by atoms with Crippen LogP contribution in [0.4, 0.5) is 17.5 Å². The van der Waals surface area contributed by atoms with Crippen LogP contribution in [0, 0.1) is 5.41 Å². The number of nitrogens with zero attached hydrogens (tertiary/aromatic N) is 7. The summed E-state index contributed by atoms with van der Waals surface area (Å²) in [7, 11) is 0. The third-order valence-electron chi connectivity index (χ3n) is 8.61. The SMILES string of the molecule is Nc1nccc(Sc2ccc3nc(N4CCC5(CC4)Cc4ccc(N6CCC6)nc4C5)c4cnc2n34)c1Cl.